The second kappa shape index (κ2) is 5.33. The maximum absolute atomic E-state index is 9.98. The Labute approximate surface area is 130 Å². The minimum absolute atomic E-state index is 0.133. The van der Waals surface area contributed by atoms with Crippen LogP contribution >= 0.6 is 15.9 Å². The Kier molecular flexibility index (Phi) is 3.51. The van der Waals surface area contributed by atoms with Gasteiger partial charge in [-0.1, -0.05) is 33.2 Å². The van der Waals surface area contributed by atoms with Crippen LogP contribution in [0.4, 0.5) is 0 Å². The van der Waals surface area contributed by atoms with Crippen molar-refractivity contribution in [3.63, 3.8) is 0 Å². The highest BCUT2D eigenvalue weighted by atomic mass is 79.9. The fourth-order valence-electron chi connectivity index (χ4n) is 2.07. The SMILES string of the molecule is Cc1ccc(-c2nc(-c3ccc(C)cc3Br)no2)c(O)c1. The highest BCUT2D eigenvalue weighted by Gasteiger charge is 2.15. The second-order valence-corrected chi connectivity index (χ2v) is 5.78. The Morgan fingerprint density at radius 2 is 1.67 bits per heavy atom. The van der Waals surface area contributed by atoms with E-state index in [1.165, 1.54) is 0 Å². The van der Waals surface area contributed by atoms with Crippen molar-refractivity contribution in [1.82, 2.24) is 10.1 Å². The number of hydrogen-bond acceptors (Lipinski definition) is 4. The summed E-state index contributed by atoms with van der Waals surface area (Å²) < 4.78 is 6.17. The second-order valence-electron chi connectivity index (χ2n) is 4.93. The van der Waals surface area contributed by atoms with Crippen LogP contribution in [0.2, 0.25) is 0 Å². The average molecular weight is 345 g/mol. The lowest BCUT2D eigenvalue weighted by Crippen LogP contribution is -1.85. The van der Waals surface area contributed by atoms with E-state index >= 15 is 0 Å². The fraction of sp³-hybridized carbons (Fsp3) is 0.125. The monoisotopic (exact) mass is 344 g/mol. The Bertz CT molecular complexity index is 746. The summed E-state index contributed by atoms with van der Waals surface area (Å²) in [5, 5.41) is 14.0. The van der Waals surface area contributed by atoms with E-state index in [1.807, 2.05) is 38.1 Å². The lowest BCUT2D eigenvalue weighted by Gasteiger charge is -2.01. The molecule has 0 saturated carbocycles. The van der Waals surface area contributed by atoms with Gasteiger partial charge in [-0.15, -0.1) is 0 Å². The predicted octanol–water partition coefficient (Wildman–Crippen LogP) is 4.49. The summed E-state index contributed by atoms with van der Waals surface area (Å²) in [4.78, 5) is 4.36. The van der Waals surface area contributed by atoms with Crippen LogP contribution in [0.5, 0.6) is 5.75 Å². The van der Waals surface area contributed by atoms with Crippen molar-refractivity contribution in [2.75, 3.05) is 0 Å². The van der Waals surface area contributed by atoms with Crippen LogP contribution < -0.4 is 0 Å². The molecule has 4 nitrogen and oxygen atoms in total. The summed E-state index contributed by atoms with van der Waals surface area (Å²) >= 11 is 3.50. The van der Waals surface area contributed by atoms with Crippen molar-refractivity contribution in [3.05, 3.63) is 52.0 Å². The van der Waals surface area contributed by atoms with Crippen LogP contribution in [0.15, 0.2) is 45.4 Å². The van der Waals surface area contributed by atoms with Crippen LogP contribution in [-0.2, 0) is 0 Å². The third-order valence-corrected chi connectivity index (χ3v) is 3.83. The topological polar surface area (TPSA) is 59.2 Å². The molecule has 21 heavy (non-hydrogen) atoms. The van der Waals surface area contributed by atoms with Gasteiger partial charge in [-0.05, 0) is 49.2 Å². The highest BCUT2D eigenvalue weighted by molar-refractivity contribution is 9.10. The Morgan fingerprint density at radius 3 is 2.33 bits per heavy atom. The van der Waals surface area contributed by atoms with Crippen molar-refractivity contribution in [3.8, 4) is 28.6 Å². The zero-order valence-corrected chi connectivity index (χ0v) is 13.2. The summed E-state index contributed by atoms with van der Waals surface area (Å²) in [6, 6.07) is 11.2. The van der Waals surface area contributed by atoms with Gasteiger partial charge in [0.2, 0.25) is 5.82 Å². The quantitative estimate of drug-likeness (QED) is 0.744. The van der Waals surface area contributed by atoms with E-state index < -0.39 is 0 Å². The van der Waals surface area contributed by atoms with E-state index in [-0.39, 0.29) is 5.75 Å². The molecule has 0 aliphatic rings. The van der Waals surface area contributed by atoms with Gasteiger partial charge < -0.3 is 9.63 Å². The Hall–Kier alpha value is -2.14. The minimum Gasteiger partial charge on any atom is -0.507 e. The van der Waals surface area contributed by atoms with Crippen LogP contribution in [0, 0.1) is 13.8 Å². The van der Waals surface area contributed by atoms with E-state index in [4.69, 9.17) is 4.52 Å². The maximum atomic E-state index is 9.98. The first kappa shape index (κ1) is 13.8. The molecule has 3 aromatic rings. The number of halogens is 1. The van der Waals surface area contributed by atoms with Crippen LogP contribution in [-0.4, -0.2) is 15.2 Å². The van der Waals surface area contributed by atoms with Crippen molar-refractivity contribution in [1.29, 1.82) is 0 Å². The number of phenolic OH excluding ortho intramolecular Hbond substituents is 1. The highest BCUT2D eigenvalue weighted by Crippen LogP contribution is 2.32. The van der Waals surface area contributed by atoms with Gasteiger partial charge in [0.15, 0.2) is 0 Å². The summed E-state index contributed by atoms with van der Waals surface area (Å²) in [5.74, 6) is 0.917. The first-order valence-corrected chi connectivity index (χ1v) is 7.24. The first-order valence-electron chi connectivity index (χ1n) is 6.45. The smallest absolute Gasteiger partial charge is 0.261 e. The molecule has 5 heteroatoms. The van der Waals surface area contributed by atoms with Gasteiger partial charge in [-0.3, -0.25) is 0 Å². The van der Waals surface area contributed by atoms with Crippen molar-refractivity contribution in [2.24, 2.45) is 0 Å². The molecule has 0 saturated heterocycles. The average Bonchev–Trinajstić information content (AvgIpc) is 2.87. The third-order valence-electron chi connectivity index (χ3n) is 3.18. The molecule has 0 fully saturated rings. The number of aromatic nitrogens is 2. The molecule has 0 unspecified atom stereocenters. The molecule has 1 heterocycles. The fourth-order valence-corrected chi connectivity index (χ4v) is 2.74. The number of hydrogen-bond donors (Lipinski definition) is 1. The Balaban J connectivity index is 2.03. The van der Waals surface area contributed by atoms with Crippen LogP contribution in [0.25, 0.3) is 22.8 Å². The number of aromatic hydroxyl groups is 1. The first-order chi connectivity index (χ1) is 10.0. The largest absolute Gasteiger partial charge is 0.507 e. The molecule has 0 amide bonds. The molecule has 106 valence electrons. The van der Waals surface area contributed by atoms with Crippen LogP contribution in [0.1, 0.15) is 11.1 Å². The maximum Gasteiger partial charge on any atom is 0.261 e. The summed E-state index contributed by atoms with van der Waals surface area (Å²) in [6.45, 7) is 3.92. The van der Waals surface area contributed by atoms with Gasteiger partial charge in [0.25, 0.3) is 5.89 Å². The molecule has 0 aliphatic heterocycles. The molecule has 2 aromatic carbocycles. The molecule has 1 aromatic heterocycles. The number of benzene rings is 2. The van der Waals surface area contributed by atoms with Gasteiger partial charge in [0.05, 0.1) is 5.56 Å². The molecule has 0 aliphatic carbocycles. The third kappa shape index (κ3) is 2.69. The molecule has 0 radical (unpaired) electrons. The normalized spacial score (nSPS) is 10.8. The van der Waals surface area contributed by atoms with E-state index in [9.17, 15) is 5.11 Å². The zero-order chi connectivity index (χ0) is 15.0. The van der Waals surface area contributed by atoms with Crippen molar-refractivity contribution < 1.29 is 9.63 Å². The van der Waals surface area contributed by atoms with E-state index in [0.717, 1.165) is 21.2 Å². The molecule has 0 spiro atoms. The predicted molar refractivity (Wildman–Crippen MR) is 84.0 cm³/mol. The summed E-state index contributed by atoms with van der Waals surface area (Å²) in [5.41, 5.74) is 3.49. The molecular formula is C16H13BrN2O2. The van der Waals surface area contributed by atoms with E-state index in [0.29, 0.717) is 17.3 Å². The molecule has 1 N–H and O–H groups in total. The lowest BCUT2D eigenvalue weighted by molar-refractivity contribution is 0.425. The van der Waals surface area contributed by atoms with Crippen molar-refractivity contribution in [2.45, 2.75) is 13.8 Å². The minimum atomic E-state index is 0.133. The van der Waals surface area contributed by atoms with Gasteiger partial charge in [0.1, 0.15) is 5.75 Å². The van der Waals surface area contributed by atoms with Gasteiger partial charge in [-0.2, -0.15) is 4.98 Å². The van der Waals surface area contributed by atoms with E-state index in [1.54, 1.807) is 12.1 Å². The van der Waals surface area contributed by atoms with Gasteiger partial charge >= 0.3 is 0 Å². The zero-order valence-electron chi connectivity index (χ0n) is 11.6. The molecular weight excluding hydrogens is 332 g/mol. The Morgan fingerprint density at radius 1 is 1.00 bits per heavy atom. The number of rotatable bonds is 2. The van der Waals surface area contributed by atoms with Gasteiger partial charge in [0, 0.05) is 10.0 Å². The van der Waals surface area contributed by atoms with E-state index in [2.05, 4.69) is 26.1 Å². The molecule has 0 atom stereocenters. The lowest BCUT2D eigenvalue weighted by atomic mass is 10.1. The standard InChI is InChI=1S/C16H13BrN2O2/c1-9-3-5-11(13(17)7-9)15-18-16(21-19-15)12-6-4-10(2)8-14(12)20/h3-8,20H,1-2H3. The number of nitrogens with zero attached hydrogens (tertiary/aromatic N) is 2. The number of aryl methyl sites for hydroxylation is 2. The molecule has 0 bridgehead atoms. The van der Waals surface area contributed by atoms with Crippen molar-refractivity contribution >= 4 is 15.9 Å². The van der Waals surface area contributed by atoms with Crippen LogP contribution in [0.3, 0.4) is 0 Å². The summed E-state index contributed by atoms with van der Waals surface area (Å²) in [6.07, 6.45) is 0. The number of phenols is 1. The van der Waals surface area contributed by atoms with Gasteiger partial charge in [-0.25, -0.2) is 0 Å². The molecule has 3 rings (SSSR count). The summed E-state index contributed by atoms with van der Waals surface area (Å²) in [7, 11) is 0.